The van der Waals surface area contributed by atoms with E-state index in [-0.39, 0.29) is 30.9 Å². The molecule has 0 aromatic heterocycles. The topological polar surface area (TPSA) is 95.9 Å². The first-order valence-corrected chi connectivity index (χ1v) is 11.7. The molecular weight excluding hydrogens is 432 g/mol. The van der Waals surface area contributed by atoms with Crippen LogP contribution in [0.25, 0.3) is 11.1 Å². The van der Waals surface area contributed by atoms with E-state index in [0.29, 0.717) is 19.4 Å². The van der Waals surface area contributed by atoms with Crippen LogP contribution in [0.2, 0.25) is 0 Å². The molecule has 1 aliphatic rings. The first kappa shape index (κ1) is 25.3. The Kier molecular flexibility index (Phi) is 7.97. The van der Waals surface area contributed by atoms with Crippen LogP contribution in [0.5, 0.6) is 0 Å². The Hall–Kier alpha value is -3.35. The average molecular weight is 467 g/mol. The van der Waals surface area contributed by atoms with Crippen molar-refractivity contribution < 1.29 is 24.2 Å². The fourth-order valence-electron chi connectivity index (χ4n) is 4.42. The van der Waals surface area contributed by atoms with Crippen LogP contribution in [0.3, 0.4) is 0 Å². The van der Waals surface area contributed by atoms with E-state index in [1.807, 2.05) is 45.0 Å². The minimum absolute atomic E-state index is 0.00779. The molecule has 0 heterocycles. The number of amides is 2. The molecule has 7 heteroatoms. The Balaban J connectivity index is 1.46. The summed E-state index contributed by atoms with van der Waals surface area (Å²) >= 11 is 0. The molecule has 2 aromatic rings. The molecular formula is C27H34N2O5. The molecule has 0 saturated heterocycles. The largest absolute Gasteiger partial charge is 0.480 e. The number of aliphatic carboxylic acids is 1. The van der Waals surface area contributed by atoms with Gasteiger partial charge in [-0.15, -0.1) is 0 Å². The van der Waals surface area contributed by atoms with Gasteiger partial charge < -0.3 is 20.1 Å². The number of fused-ring (bicyclic) bond motifs is 3. The lowest BCUT2D eigenvalue weighted by Crippen LogP contribution is -2.50. The molecule has 0 aliphatic heterocycles. The molecule has 2 aromatic carbocycles. The molecule has 34 heavy (non-hydrogen) atoms. The van der Waals surface area contributed by atoms with Gasteiger partial charge in [-0.2, -0.15) is 0 Å². The Morgan fingerprint density at radius 1 is 1.03 bits per heavy atom. The fraction of sp³-hybridized carbons (Fsp3) is 0.444. The summed E-state index contributed by atoms with van der Waals surface area (Å²) in [4.78, 5) is 37.6. The monoisotopic (exact) mass is 466 g/mol. The van der Waals surface area contributed by atoms with E-state index in [1.165, 1.54) is 16.0 Å². The molecule has 2 amide bonds. The minimum atomic E-state index is -1.03. The normalized spacial score (nSPS) is 13.5. The van der Waals surface area contributed by atoms with Crippen molar-refractivity contribution >= 4 is 18.0 Å². The zero-order valence-corrected chi connectivity index (χ0v) is 20.3. The maximum atomic E-state index is 12.8. The van der Waals surface area contributed by atoms with Gasteiger partial charge in [0.05, 0.1) is 0 Å². The van der Waals surface area contributed by atoms with Gasteiger partial charge in [-0.05, 0) is 55.9 Å². The molecule has 1 atom stereocenters. The molecule has 0 saturated carbocycles. The van der Waals surface area contributed by atoms with Crippen LogP contribution in [0.1, 0.15) is 57.6 Å². The standard InChI is InChI=1S/C27H34N2O5/c1-18(25(32)29(16-24(30)31)27(2,3)4)10-9-15-28-26(33)34-17-23-21-13-7-5-11-19(21)20-12-6-8-14-22(20)23/h5-8,11-14,18,23H,9-10,15-17H2,1-4H3,(H,28,33)(H,30,31). The lowest BCUT2D eigenvalue weighted by atomic mass is 9.98. The predicted molar refractivity (Wildman–Crippen MR) is 131 cm³/mol. The summed E-state index contributed by atoms with van der Waals surface area (Å²) < 4.78 is 5.53. The van der Waals surface area contributed by atoms with E-state index < -0.39 is 17.6 Å². The maximum Gasteiger partial charge on any atom is 0.407 e. The summed E-state index contributed by atoms with van der Waals surface area (Å²) in [5.74, 6) is -1.57. The van der Waals surface area contributed by atoms with Gasteiger partial charge in [0.25, 0.3) is 0 Å². The number of carbonyl (C=O) groups excluding carboxylic acids is 2. The number of nitrogens with zero attached hydrogens (tertiary/aromatic N) is 1. The van der Waals surface area contributed by atoms with Crippen LogP contribution in [0.15, 0.2) is 48.5 Å². The van der Waals surface area contributed by atoms with Gasteiger partial charge in [0.1, 0.15) is 13.2 Å². The lowest BCUT2D eigenvalue weighted by Gasteiger charge is -2.36. The molecule has 0 bridgehead atoms. The van der Waals surface area contributed by atoms with E-state index in [9.17, 15) is 14.4 Å². The third kappa shape index (κ3) is 5.95. The number of carboxylic acid groups (broad SMARTS) is 1. The molecule has 1 unspecified atom stereocenters. The van der Waals surface area contributed by atoms with Gasteiger partial charge in [0.15, 0.2) is 0 Å². The predicted octanol–water partition coefficient (Wildman–Crippen LogP) is 4.65. The highest BCUT2D eigenvalue weighted by molar-refractivity contribution is 5.83. The van der Waals surface area contributed by atoms with Crippen molar-refractivity contribution in [2.45, 2.75) is 52.0 Å². The van der Waals surface area contributed by atoms with Gasteiger partial charge in [0, 0.05) is 23.9 Å². The highest BCUT2D eigenvalue weighted by Gasteiger charge is 2.31. The Bertz CT molecular complexity index is 998. The van der Waals surface area contributed by atoms with Gasteiger partial charge in [0.2, 0.25) is 5.91 Å². The lowest BCUT2D eigenvalue weighted by molar-refractivity contribution is -0.150. The summed E-state index contributed by atoms with van der Waals surface area (Å²) in [5.41, 5.74) is 4.10. The van der Waals surface area contributed by atoms with Crippen LogP contribution < -0.4 is 5.32 Å². The van der Waals surface area contributed by atoms with Crippen LogP contribution in [-0.2, 0) is 14.3 Å². The highest BCUT2D eigenvalue weighted by Crippen LogP contribution is 2.44. The quantitative estimate of drug-likeness (QED) is 0.525. The van der Waals surface area contributed by atoms with Crippen molar-refractivity contribution in [2.24, 2.45) is 5.92 Å². The van der Waals surface area contributed by atoms with Gasteiger partial charge in [-0.3, -0.25) is 9.59 Å². The molecule has 0 fully saturated rings. The first-order chi connectivity index (χ1) is 16.1. The van der Waals surface area contributed by atoms with Gasteiger partial charge in [-0.1, -0.05) is 55.5 Å². The SMILES string of the molecule is CC(CCCNC(=O)OCC1c2ccccc2-c2ccccc21)C(=O)N(CC(=O)O)C(C)(C)C. The van der Waals surface area contributed by atoms with Crippen molar-refractivity contribution in [3.63, 3.8) is 0 Å². The number of carbonyl (C=O) groups is 3. The maximum absolute atomic E-state index is 12.8. The van der Waals surface area contributed by atoms with Gasteiger partial charge in [-0.25, -0.2) is 4.79 Å². The number of alkyl carbamates (subject to hydrolysis) is 1. The summed E-state index contributed by atoms with van der Waals surface area (Å²) in [5, 5.41) is 11.9. The number of hydrogen-bond acceptors (Lipinski definition) is 4. The van der Waals surface area contributed by atoms with E-state index in [4.69, 9.17) is 9.84 Å². The zero-order valence-electron chi connectivity index (χ0n) is 20.3. The first-order valence-electron chi connectivity index (χ1n) is 11.7. The molecule has 1 aliphatic carbocycles. The second-order valence-corrected chi connectivity index (χ2v) is 9.78. The molecule has 182 valence electrons. The van der Waals surface area contributed by atoms with Crippen LogP contribution in [0.4, 0.5) is 4.79 Å². The Labute approximate surface area is 201 Å². The van der Waals surface area contributed by atoms with E-state index in [2.05, 4.69) is 29.6 Å². The third-order valence-corrected chi connectivity index (χ3v) is 6.22. The van der Waals surface area contributed by atoms with Crippen molar-refractivity contribution in [3.05, 3.63) is 59.7 Å². The molecule has 7 nitrogen and oxygen atoms in total. The summed E-state index contributed by atoms with van der Waals surface area (Å²) in [6, 6.07) is 16.4. The second kappa shape index (κ2) is 10.7. The molecule has 2 N–H and O–H groups in total. The molecule has 0 radical (unpaired) electrons. The third-order valence-electron chi connectivity index (χ3n) is 6.22. The summed E-state index contributed by atoms with van der Waals surface area (Å²) in [6.45, 7) is 7.55. The van der Waals surface area contributed by atoms with Crippen LogP contribution >= 0.6 is 0 Å². The van der Waals surface area contributed by atoms with E-state index in [1.54, 1.807) is 6.92 Å². The van der Waals surface area contributed by atoms with Crippen molar-refractivity contribution in [3.8, 4) is 11.1 Å². The molecule has 0 spiro atoms. The van der Waals surface area contributed by atoms with E-state index in [0.717, 1.165) is 11.1 Å². The van der Waals surface area contributed by atoms with Crippen molar-refractivity contribution in [1.82, 2.24) is 10.2 Å². The zero-order chi connectivity index (χ0) is 24.9. The fourth-order valence-corrected chi connectivity index (χ4v) is 4.42. The average Bonchev–Trinajstić information content (AvgIpc) is 3.11. The number of ether oxygens (including phenoxy) is 1. The van der Waals surface area contributed by atoms with E-state index >= 15 is 0 Å². The minimum Gasteiger partial charge on any atom is -0.480 e. The second-order valence-electron chi connectivity index (χ2n) is 9.78. The molecule has 3 rings (SSSR count). The number of carboxylic acids is 1. The number of hydrogen-bond donors (Lipinski definition) is 2. The van der Waals surface area contributed by atoms with Crippen molar-refractivity contribution in [2.75, 3.05) is 19.7 Å². The highest BCUT2D eigenvalue weighted by atomic mass is 16.5. The number of benzene rings is 2. The summed E-state index contributed by atoms with van der Waals surface area (Å²) in [6.07, 6.45) is 0.639. The van der Waals surface area contributed by atoms with Crippen molar-refractivity contribution in [1.29, 1.82) is 0 Å². The Morgan fingerprint density at radius 3 is 2.12 bits per heavy atom. The van der Waals surface area contributed by atoms with Gasteiger partial charge >= 0.3 is 12.1 Å². The number of rotatable bonds is 9. The summed E-state index contributed by atoms with van der Waals surface area (Å²) in [7, 11) is 0. The van der Waals surface area contributed by atoms with Crippen LogP contribution in [0, 0.1) is 5.92 Å². The number of nitrogens with one attached hydrogen (secondary N) is 1. The smallest absolute Gasteiger partial charge is 0.407 e. The Morgan fingerprint density at radius 2 is 1.59 bits per heavy atom. The van der Waals surface area contributed by atoms with Crippen LogP contribution in [-0.4, -0.2) is 53.2 Å².